The monoisotopic (exact) mass is 376 g/mol. The lowest BCUT2D eigenvalue weighted by atomic mass is 10.3. The number of benzene rings is 1. The van der Waals surface area contributed by atoms with Crippen molar-refractivity contribution in [3.63, 3.8) is 0 Å². The van der Waals surface area contributed by atoms with Crippen LogP contribution in [0.2, 0.25) is 10.0 Å². The summed E-state index contributed by atoms with van der Waals surface area (Å²) in [5, 5.41) is 3.10. The lowest BCUT2D eigenvalue weighted by molar-refractivity contribution is -0.128. The Morgan fingerprint density at radius 2 is 2.17 bits per heavy atom. The van der Waals surface area contributed by atoms with Gasteiger partial charge >= 0.3 is 0 Å². The number of carbonyl (C=O) groups is 3. The minimum absolute atomic E-state index is 0.144. The molecule has 2 rings (SSSR count). The molecule has 0 aliphatic carbocycles. The molecule has 124 valence electrons. The van der Waals surface area contributed by atoms with Crippen LogP contribution in [0.25, 0.3) is 0 Å². The standard InChI is InChI=1S/C14H14Cl2N2O4S/c1-8(22-11-3-2-9(15)6-10(11)16)13(20)17-4-5-18-12(19)7-23-14(18)21/h2-3,6,8H,4-5,7H2,1H3,(H,17,20). The van der Waals surface area contributed by atoms with E-state index >= 15 is 0 Å². The highest BCUT2D eigenvalue weighted by molar-refractivity contribution is 8.14. The molecule has 0 aromatic heterocycles. The quantitative estimate of drug-likeness (QED) is 0.825. The molecule has 0 radical (unpaired) electrons. The second-order valence-corrected chi connectivity index (χ2v) is 6.50. The molecule has 1 fully saturated rings. The van der Waals surface area contributed by atoms with Crippen molar-refractivity contribution in [1.82, 2.24) is 10.2 Å². The molecule has 1 saturated heterocycles. The highest BCUT2D eigenvalue weighted by Crippen LogP contribution is 2.28. The molecule has 1 heterocycles. The molecule has 1 atom stereocenters. The number of halogens is 2. The van der Waals surface area contributed by atoms with Gasteiger partial charge in [0.05, 0.1) is 10.8 Å². The van der Waals surface area contributed by atoms with Crippen LogP contribution in [0.1, 0.15) is 6.92 Å². The second-order valence-electron chi connectivity index (χ2n) is 4.73. The van der Waals surface area contributed by atoms with Crippen molar-refractivity contribution < 1.29 is 19.1 Å². The van der Waals surface area contributed by atoms with Crippen LogP contribution in [-0.2, 0) is 9.59 Å². The Morgan fingerprint density at radius 1 is 1.43 bits per heavy atom. The molecule has 9 heteroatoms. The number of nitrogens with zero attached hydrogens (tertiary/aromatic N) is 1. The molecular weight excluding hydrogens is 363 g/mol. The number of thioether (sulfide) groups is 1. The number of carbonyl (C=O) groups excluding carboxylic acids is 3. The van der Waals surface area contributed by atoms with Gasteiger partial charge in [0.2, 0.25) is 5.91 Å². The maximum Gasteiger partial charge on any atom is 0.288 e. The van der Waals surface area contributed by atoms with E-state index in [9.17, 15) is 14.4 Å². The van der Waals surface area contributed by atoms with Gasteiger partial charge in [-0.3, -0.25) is 19.3 Å². The van der Waals surface area contributed by atoms with Crippen molar-refractivity contribution in [1.29, 1.82) is 0 Å². The minimum Gasteiger partial charge on any atom is -0.479 e. The Balaban J connectivity index is 1.81. The van der Waals surface area contributed by atoms with Gasteiger partial charge in [-0.15, -0.1) is 0 Å². The van der Waals surface area contributed by atoms with Crippen LogP contribution >= 0.6 is 35.0 Å². The average molecular weight is 377 g/mol. The molecule has 1 aliphatic rings. The smallest absolute Gasteiger partial charge is 0.288 e. The largest absolute Gasteiger partial charge is 0.479 e. The van der Waals surface area contributed by atoms with Crippen LogP contribution in [0.5, 0.6) is 5.75 Å². The molecule has 0 saturated carbocycles. The van der Waals surface area contributed by atoms with Gasteiger partial charge < -0.3 is 10.1 Å². The van der Waals surface area contributed by atoms with Gasteiger partial charge in [-0.25, -0.2) is 0 Å². The van der Waals surface area contributed by atoms with E-state index in [0.717, 1.165) is 16.7 Å². The lowest BCUT2D eigenvalue weighted by Gasteiger charge is -2.17. The Bertz CT molecular complexity index is 625. The van der Waals surface area contributed by atoms with E-state index in [1.54, 1.807) is 19.1 Å². The predicted octanol–water partition coefficient (Wildman–Crippen LogP) is 2.57. The number of nitrogens with one attached hydrogen (secondary N) is 1. The van der Waals surface area contributed by atoms with Crippen molar-refractivity contribution in [2.24, 2.45) is 0 Å². The summed E-state index contributed by atoms with van der Waals surface area (Å²) in [6.45, 7) is 1.88. The van der Waals surface area contributed by atoms with Gasteiger partial charge in [0, 0.05) is 18.1 Å². The van der Waals surface area contributed by atoms with Crippen LogP contribution in [0.3, 0.4) is 0 Å². The predicted molar refractivity (Wildman–Crippen MR) is 89.1 cm³/mol. The first-order chi connectivity index (χ1) is 10.9. The van der Waals surface area contributed by atoms with Crippen LogP contribution in [0.4, 0.5) is 4.79 Å². The molecule has 1 aromatic rings. The molecular formula is C14H14Cl2N2O4S. The van der Waals surface area contributed by atoms with Crippen LogP contribution in [0, 0.1) is 0 Å². The highest BCUT2D eigenvalue weighted by Gasteiger charge is 2.29. The summed E-state index contributed by atoms with van der Waals surface area (Å²) < 4.78 is 5.47. The number of amides is 3. The SMILES string of the molecule is CC(Oc1ccc(Cl)cc1Cl)C(=O)NCCN1C(=O)CSC1=O. The highest BCUT2D eigenvalue weighted by atomic mass is 35.5. The zero-order valence-electron chi connectivity index (χ0n) is 12.2. The molecule has 1 unspecified atom stereocenters. The second kappa shape index (κ2) is 7.90. The zero-order chi connectivity index (χ0) is 17.0. The summed E-state index contributed by atoms with van der Waals surface area (Å²) in [6.07, 6.45) is -0.784. The Morgan fingerprint density at radius 3 is 2.78 bits per heavy atom. The number of rotatable bonds is 6. The Hall–Kier alpha value is -1.44. The van der Waals surface area contributed by atoms with Gasteiger partial charge in [0.15, 0.2) is 6.10 Å². The summed E-state index contributed by atoms with van der Waals surface area (Å²) in [6, 6.07) is 4.70. The van der Waals surface area contributed by atoms with Crippen molar-refractivity contribution >= 4 is 52.0 Å². The van der Waals surface area contributed by atoms with Gasteiger partial charge in [-0.2, -0.15) is 0 Å². The number of imide groups is 1. The first-order valence-electron chi connectivity index (χ1n) is 6.75. The third-order valence-electron chi connectivity index (χ3n) is 3.04. The Labute approximate surface area is 147 Å². The summed E-state index contributed by atoms with van der Waals surface area (Å²) in [5.74, 6) is -0.115. The van der Waals surface area contributed by atoms with E-state index in [4.69, 9.17) is 27.9 Å². The third kappa shape index (κ3) is 4.76. The Kier molecular flexibility index (Phi) is 6.15. The van der Waals surface area contributed by atoms with Crippen molar-refractivity contribution in [3.05, 3.63) is 28.2 Å². The fraction of sp³-hybridized carbons (Fsp3) is 0.357. The van der Waals surface area contributed by atoms with E-state index in [1.807, 2.05) is 0 Å². The minimum atomic E-state index is -0.784. The first kappa shape index (κ1) is 17.9. The number of hydrogen-bond acceptors (Lipinski definition) is 5. The molecule has 6 nitrogen and oxygen atoms in total. The van der Waals surface area contributed by atoms with Gasteiger partial charge in [0.25, 0.3) is 11.1 Å². The van der Waals surface area contributed by atoms with E-state index in [1.165, 1.54) is 6.07 Å². The maximum atomic E-state index is 12.0. The summed E-state index contributed by atoms with van der Waals surface area (Å²) >= 11 is 12.7. The number of ether oxygens (including phenoxy) is 1. The van der Waals surface area contributed by atoms with Gasteiger partial charge in [-0.1, -0.05) is 35.0 Å². The van der Waals surface area contributed by atoms with Crippen molar-refractivity contribution in [3.8, 4) is 5.75 Å². The molecule has 1 N–H and O–H groups in total. The van der Waals surface area contributed by atoms with Gasteiger partial charge in [0.1, 0.15) is 5.75 Å². The topological polar surface area (TPSA) is 75.7 Å². The molecule has 23 heavy (non-hydrogen) atoms. The van der Waals surface area contributed by atoms with E-state index in [-0.39, 0.29) is 35.9 Å². The number of hydrogen-bond donors (Lipinski definition) is 1. The van der Waals surface area contributed by atoms with Crippen LogP contribution < -0.4 is 10.1 Å². The fourth-order valence-corrected chi connectivity index (χ4v) is 3.05. The van der Waals surface area contributed by atoms with E-state index in [2.05, 4.69) is 5.32 Å². The summed E-state index contributed by atoms with van der Waals surface area (Å²) in [7, 11) is 0. The summed E-state index contributed by atoms with van der Waals surface area (Å²) in [5.41, 5.74) is 0. The summed E-state index contributed by atoms with van der Waals surface area (Å²) in [4.78, 5) is 35.9. The zero-order valence-corrected chi connectivity index (χ0v) is 14.5. The van der Waals surface area contributed by atoms with Crippen LogP contribution in [-0.4, -0.2) is 46.9 Å². The molecule has 0 bridgehead atoms. The molecule has 1 aromatic carbocycles. The normalized spacial score (nSPS) is 15.7. The third-order valence-corrected chi connectivity index (χ3v) is 4.43. The fourth-order valence-electron chi connectivity index (χ4n) is 1.85. The van der Waals surface area contributed by atoms with E-state index < -0.39 is 6.10 Å². The van der Waals surface area contributed by atoms with Gasteiger partial charge in [-0.05, 0) is 25.1 Å². The maximum absolute atomic E-state index is 12.0. The first-order valence-corrected chi connectivity index (χ1v) is 8.49. The van der Waals surface area contributed by atoms with Crippen molar-refractivity contribution in [2.75, 3.05) is 18.8 Å². The molecule has 1 aliphatic heterocycles. The van der Waals surface area contributed by atoms with Crippen molar-refractivity contribution in [2.45, 2.75) is 13.0 Å². The molecule has 0 spiro atoms. The lowest BCUT2D eigenvalue weighted by Crippen LogP contribution is -2.42. The average Bonchev–Trinajstić information content (AvgIpc) is 2.81. The van der Waals surface area contributed by atoms with Crippen LogP contribution in [0.15, 0.2) is 18.2 Å². The molecule has 3 amide bonds. The van der Waals surface area contributed by atoms with E-state index in [0.29, 0.717) is 15.8 Å².